The summed E-state index contributed by atoms with van der Waals surface area (Å²) in [6.07, 6.45) is 7.99. The molecule has 4 aromatic carbocycles. The molecule has 1 aliphatic carbocycles. The number of hydrogen-bond donors (Lipinski definition) is 1. The van der Waals surface area contributed by atoms with Gasteiger partial charge in [0.15, 0.2) is 0 Å². The molecule has 1 unspecified atom stereocenters. The van der Waals surface area contributed by atoms with Crippen LogP contribution in [0.1, 0.15) is 17.2 Å². The van der Waals surface area contributed by atoms with Crippen LogP contribution in [-0.4, -0.2) is 0 Å². The number of nitrogen functional groups attached to an aromatic ring is 1. The summed E-state index contributed by atoms with van der Waals surface area (Å²) in [5, 5.41) is 12.5. The predicted molar refractivity (Wildman–Crippen MR) is 135 cm³/mol. The fourth-order valence-corrected chi connectivity index (χ4v) is 4.26. The van der Waals surface area contributed by atoms with Crippen LogP contribution < -0.4 is 10.8 Å². The van der Waals surface area contributed by atoms with Gasteiger partial charge in [-0.1, -0.05) is 36.4 Å². The van der Waals surface area contributed by atoms with Crippen molar-refractivity contribution in [3.63, 3.8) is 0 Å². The van der Waals surface area contributed by atoms with Crippen LogP contribution in [0.2, 0.25) is 0 Å². The molecule has 176 valence electrons. The predicted octanol–water partition coefficient (Wildman–Crippen LogP) is 6.76. The molecule has 4 aromatic rings. The van der Waals surface area contributed by atoms with Crippen molar-refractivity contribution >= 4 is 17.4 Å². The molecule has 0 radical (unpaired) electrons. The van der Waals surface area contributed by atoms with Crippen LogP contribution >= 0.6 is 11.8 Å². The summed E-state index contributed by atoms with van der Waals surface area (Å²) >= 11 is 1.65. The summed E-state index contributed by atoms with van der Waals surface area (Å²) in [6.45, 7) is 0. The third kappa shape index (κ3) is 10.2. The van der Waals surface area contributed by atoms with Gasteiger partial charge in [-0.25, -0.2) is 36.4 Å². The summed E-state index contributed by atoms with van der Waals surface area (Å²) in [5.74, 6) is 0.165. The average molecular weight is 549 g/mol. The second kappa shape index (κ2) is 17.0. The van der Waals surface area contributed by atoms with Crippen molar-refractivity contribution in [3.8, 4) is 0 Å². The summed E-state index contributed by atoms with van der Waals surface area (Å²) in [5.41, 5.74) is 8.73. The molecule has 0 aliphatic heterocycles. The van der Waals surface area contributed by atoms with Crippen LogP contribution in [0, 0.1) is 0 Å². The van der Waals surface area contributed by atoms with E-state index >= 15 is 0 Å². The monoisotopic (exact) mass is 549 g/mol. The first-order chi connectivity index (χ1) is 15.7. The SMILES string of the molecule is Nc1ccccc1SC(CC([O-])=C1C=CC=C1)c1ccc[cH-]1.[Fe+2].[Fe+2].c1cc[cH-]c1.c1cc[cH-]c1. The molecule has 1 atom stereocenters. The number of hydrogen-bond acceptors (Lipinski definition) is 3. The van der Waals surface area contributed by atoms with E-state index in [1.807, 2.05) is 121 Å². The number of benzene rings is 1. The van der Waals surface area contributed by atoms with E-state index in [0.717, 1.165) is 21.7 Å². The smallest absolute Gasteiger partial charge is 0.875 e. The maximum Gasteiger partial charge on any atom is 2.00 e. The molecule has 2 nitrogen and oxygen atoms in total. The van der Waals surface area contributed by atoms with Crippen molar-refractivity contribution in [2.75, 3.05) is 5.73 Å². The number of allylic oxidation sites excluding steroid dienone is 6. The topological polar surface area (TPSA) is 49.1 Å². The normalized spacial score (nSPS) is 11.7. The maximum atomic E-state index is 12.4. The minimum atomic E-state index is 0. The molecule has 0 saturated heterocycles. The quantitative estimate of drug-likeness (QED) is 0.0985. The van der Waals surface area contributed by atoms with Gasteiger partial charge >= 0.3 is 34.1 Å². The summed E-state index contributed by atoms with van der Waals surface area (Å²) in [6, 6.07) is 35.9. The van der Waals surface area contributed by atoms with E-state index in [2.05, 4.69) is 12.1 Å². The Kier molecular flexibility index (Phi) is 14.8. The van der Waals surface area contributed by atoms with Crippen molar-refractivity contribution in [2.45, 2.75) is 16.6 Å². The molecule has 0 fully saturated rings. The largest absolute Gasteiger partial charge is 2.00 e. The molecule has 0 bridgehead atoms. The van der Waals surface area contributed by atoms with E-state index in [1.54, 1.807) is 11.8 Å². The van der Waals surface area contributed by atoms with Crippen molar-refractivity contribution in [2.24, 2.45) is 0 Å². The number of para-hydroxylation sites is 1. The molecule has 0 heterocycles. The summed E-state index contributed by atoms with van der Waals surface area (Å²) < 4.78 is 0. The Morgan fingerprint density at radius 1 is 0.794 bits per heavy atom. The van der Waals surface area contributed by atoms with Crippen LogP contribution in [0.3, 0.4) is 0 Å². The molecule has 0 saturated carbocycles. The van der Waals surface area contributed by atoms with Crippen molar-refractivity contribution in [1.29, 1.82) is 0 Å². The van der Waals surface area contributed by atoms with Gasteiger partial charge in [0, 0.05) is 15.8 Å². The zero-order valence-corrected chi connectivity index (χ0v) is 21.6. The molecule has 5 heteroatoms. The van der Waals surface area contributed by atoms with Crippen LogP contribution in [0.5, 0.6) is 0 Å². The molecular formula is C29H27Fe2NOS. The van der Waals surface area contributed by atoms with E-state index in [4.69, 9.17) is 5.73 Å². The van der Waals surface area contributed by atoms with Gasteiger partial charge in [-0.05, 0) is 24.1 Å². The van der Waals surface area contributed by atoms with Crippen molar-refractivity contribution in [3.05, 3.63) is 150 Å². The first-order valence-corrected chi connectivity index (χ1v) is 11.4. The Hall–Kier alpha value is -2.52. The zero-order chi connectivity index (χ0) is 22.4. The van der Waals surface area contributed by atoms with E-state index < -0.39 is 0 Å². The number of rotatable bonds is 5. The van der Waals surface area contributed by atoms with Crippen LogP contribution in [-0.2, 0) is 34.1 Å². The molecule has 2 N–H and O–H groups in total. The van der Waals surface area contributed by atoms with Gasteiger partial charge in [0.1, 0.15) is 0 Å². The van der Waals surface area contributed by atoms with E-state index in [0.29, 0.717) is 6.42 Å². The van der Waals surface area contributed by atoms with E-state index in [9.17, 15) is 5.11 Å². The fourth-order valence-electron chi connectivity index (χ4n) is 3.06. The number of anilines is 1. The Bertz CT molecular complexity index is 1020. The fraction of sp³-hybridized carbons (Fsp3) is 0.0690. The number of nitrogens with two attached hydrogens (primary N) is 1. The molecule has 0 amide bonds. The third-order valence-electron chi connectivity index (χ3n) is 4.72. The summed E-state index contributed by atoms with van der Waals surface area (Å²) in [7, 11) is 0. The third-order valence-corrected chi connectivity index (χ3v) is 6.06. The minimum Gasteiger partial charge on any atom is -0.875 e. The van der Waals surface area contributed by atoms with Crippen LogP contribution in [0.25, 0.3) is 0 Å². The van der Waals surface area contributed by atoms with Gasteiger partial charge in [-0.2, -0.15) is 54.1 Å². The van der Waals surface area contributed by atoms with E-state index in [-0.39, 0.29) is 45.1 Å². The summed E-state index contributed by atoms with van der Waals surface area (Å²) in [4.78, 5) is 1.02. The van der Waals surface area contributed by atoms with Gasteiger partial charge in [0.25, 0.3) is 0 Å². The molecule has 0 aromatic heterocycles. The van der Waals surface area contributed by atoms with Gasteiger partial charge < -0.3 is 10.8 Å². The van der Waals surface area contributed by atoms with Gasteiger partial charge in [0.05, 0.1) is 0 Å². The van der Waals surface area contributed by atoms with Gasteiger partial charge in [-0.15, -0.1) is 17.5 Å². The Morgan fingerprint density at radius 2 is 1.38 bits per heavy atom. The molecule has 5 rings (SSSR count). The first kappa shape index (κ1) is 29.5. The zero-order valence-electron chi connectivity index (χ0n) is 18.6. The van der Waals surface area contributed by atoms with Crippen LogP contribution in [0.4, 0.5) is 5.69 Å². The second-order valence-electron chi connectivity index (χ2n) is 7.09. The van der Waals surface area contributed by atoms with Crippen molar-refractivity contribution in [1.82, 2.24) is 0 Å². The number of thioether (sulfide) groups is 1. The second-order valence-corrected chi connectivity index (χ2v) is 8.33. The Labute approximate surface area is 228 Å². The van der Waals surface area contributed by atoms with Gasteiger partial charge in [0.2, 0.25) is 0 Å². The molecular weight excluding hydrogens is 522 g/mol. The van der Waals surface area contributed by atoms with Crippen molar-refractivity contribution < 1.29 is 39.2 Å². The average Bonchev–Trinajstić information content (AvgIpc) is 3.65. The van der Waals surface area contributed by atoms with Crippen LogP contribution in [0.15, 0.2) is 150 Å². The first-order valence-electron chi connectivity index (χ1n) is 10.5. The van der Waals surface area contributed by atoms with E-state index in [1.165, 1.54) is 0 Å². The maximum absolute atomic E-state index is 12.4. The molecule has 0 spiro atoms. The molecule has 34 heavy (non-hydrogen) atoms. The Balaban J connectivity index is 0.000000399. The minimum absolute atomic E-state index is 0. The Morgan fingerprint density at radius 3 is 1.85 bits per heavy atom. The standard InChI is InChI=1S/C19H18NOS.2C5H5.2Fe/c20-16-11-5-6-12-18(16)22-19(15-9-3-4-10-15)13-17(21)14-7-1-2-8-14;2*1-2-4-5-3-1;;/h1-12,19,21H,13,20H2;2*1-5H;;/q3*-1;2*+2/p-1. The molecule has 1 aliphatic rings. The van der Waals surface area contributed by atoms with Gasteiger partial charge in [-0.3, -0.25) is 0 Å².